The molecule has 3 aromatic heterocycles. The average Bonchev–Trinajstić information content (AvgIpc) is 3.14. The molecule has 0 radical (unpaired) electrons. The van der Waals surface area contributed by atoms with Gasteiger partial charge in [-0.05, 0) is 37.8 Å². The van der Waals surface area contributed by atoms with E-state index in [2.05, 4.69) is 30.2 Å². The number of amides is 1. The molecule has 3 aromatic rings. The Morgan fingerprint density at radius 1 is 1.10 bits per heavy atom. The van der Waals surface area contributed by atoms with Crippen molar-refractivity contribution in [3.8, 4) is 11.4 Å². The van der Waals surface area contributed by atoms with Crippen molar-refractivity contribution in [3.63, 3.8) is 0 Å². The predicted molar refractivity (Wildman–Crippen MR) is 111 cm³/mol. The van der Waals surface area contributed by atoms with Gasteiger partial charge in [-0.3, -0.25) is 14.3 Å². The van der Waals surface area contributed by atoms with E-state index in [4.69, 9.17) is 0 Å². The minimum atomic E-state index is -0.0528. The summed E-state index contributed by atoms with van der Waals surface area (Å²) in [7, 11) is 0. The van der Waals surface area contributed by atoms with Crippen molar-refractivity contribution in [1.29, 1.82) is 0 Å². The van der Waals surface area contributed by atoms with Crippen LogP contribution in [0.15, 0.2) is 41.9 Å². The molecule has 1 N–H and O–H groups in total. The number of thioether (sulfide) groups is 1. The molecule has 3 heterocycles. The summed E-state index contributed by atoms with van der Waals surface area (Å²) in [6.45, 7) is 0. The maximum Gasteiger partial charge on any atom is 0.235 e. The van der Waals surface area contributed by atoms with Gasteiger partial charge in [-0.2, -0.15) is 5.10 Å². The van der Waals surface area contributed by atoms with E-state index in [1.807, 2.05) is 22.9 Å². The molecule has 0 aromatic carbocycles. The van der Waals surface area contributed by atoms with Gasteiger partial charge in [0.25, 0.3) is 0 Å². The normalized spacial score (nSPS) is 17.0. The molecule has 2 aliphatic carbocycles. The largest absolute Gasteiger partial charge is 0.310 e. The molecule has 2 fully saturated rings. The molecule has 0 spiro atoms. The Labute approximate surface area is 173 Å². The van der Waals surface area contributed by atoms with Crippen LogP contribution in [0.5, 0.6) is 0 Å². The van der Waals surface area contributed by atoms with Gasteiger partial charge in [-0.1, -0.05) is 24.6 Å². The molecule has 0 unspecified atom stereocenters. The third-order valence-corrected chi connectivity index (χ3v) is 6.38. The summed E-state index contributed by atoms with van der Waals surface area (Å²) in [5.41, 5.74) is 0.948. The van der Waals surface area contributed by atoms with Gasteiger partial charge in [0.2, 0.25) is 5.91 Å². The molecule has 0 bridgehead atoms. The number of nitrogens with zero attached hydrogens (tertiary/aromatic N) is 6. The van der Waals surface area contributed by atoms with Crippen molar-refractivity contribution in [2.24, 2.45) is 0 Å². The first-order valence-electron chi connectivity index (χ1n) is 10.1. The zero-order chi connectivity index (χ0) is 19.6. The third-order valence-electron chi connectivity index (χ3n) is 5.44. The van der Waals surface area contributed by atoms with Crippen LogP contribution in [0.2, 0.25) is 0 Å². The fourth-order valence-corrected chi connectivity index (χ4v) is 4.70. The summed E-state index contributed by atoms with van der Waals surface area (Å²) >= 11 is 1.43. The molecule has 0 atom stereocenters. The van der Waals surface area contributed by atoms with Gasteiger partial charge in [-0.25, -0.2) is 4.68 Å². The van der Waals surface area contributed by atoms with E-state index in [1.165, 1.54) is 24.6 Å². The number of anilines is 1. The minimum absolute atomic E-state index is 0.0528. The van der Waals surface area contributed by atoms with Crippen molar-refractivity contribution in [1.82, 2.24) is 29.5 Å². The van der Waals surface area contributed by atoms with Crippen LogP contribution < -0.4 is 5.32 Å². The lowest BCUT2D eigenvalue weighted by Gasteiger charge is -2.14. The molecule has 5 rings (SSSR count). The third kappa shape index (κ3) is 3.91. The second-order valence-corrected chi connectivity index (χ2v) is 8.53. The SMILES string of the molecule is O=C(CSc1nnc(-c2cccnc2)n1C1CC1)Nc1ccnn1C1CCCC1. The smallest absolute Gasteiger partial charge is 0.235 e. The first-order valence-corrected chi connectivity index (χ1v) is 11.1. The number of hydrogen-bond donors (Lipinski definition) is 1. The molecular formula is C20H23N7OS. The van der Waals surface area contributed by atoms with Crippen molar-refractivity contribution >= 4 is 23.5 Å². The van der Waals surface area contributed by atoms with Crippen LogP contribution in [-0.4, -0.2) is 41.2 Å². The molecule has 2 saturated carbocycles. The minimum Gasteiger partial charge on any atom is -0.310 e. The van der Waals surface area contributed by atoms with Crippen LogP contribution >= 0.6 is 11.8 Å². The van der Waals surface area contributed by atoms with Crippen LogP contribution in [0.1, 0.15) is 50.6 Å². The first-order chi connectivity index (χ1) is 14.3. The summed E-state index contributed by atoms with van der Waals surface area (Å²) in [4.78, 5) is 16.8. The van der Waals surface area contributed by atoms with Gasteiger partial charge in [-0.15, -0.1) is 10.2 Å². The Morgan fingerprint density at radius 2 is 1.97 bits per heavy atom. The highest BCUT2D eigenvalue weighted by Crippen LogP contribution is 2.41. The maximum absolute atomic E-state index is 12.6. The predicted octanol–water partition coefficient (Wildman–Crippen LogP) is 3.72. The highest BCUT2D eigenvalue weighted by Gasteiger charge is 2.30. The van der Waals surface area contributed by atoms with Crippen LogP contribution in [-0.2, 0) is 4.79 Å². The van der Waals surface area contributed by atoms with Crippen LogP contribution in [0.3, 0.4) is 0 Å². The van der Waals surface area contributed by atoms with Gasteiger partial charge in [0.15, 0.2) is 11.0 Å². The number of nitrogens with one attached hydrogen (secondary N) is 1. The fourth-order valence-electron chi connectivity index (χ4n) is 3.89. The van der Waals surface area contributed by atoms with Crippen molar-refractivity contribution in [2.45, 2.75) is 55.8 Å². The Kier molecular flexibility index (Phi) is 5.05. The summed E-state index contributed by atoms with van der Waals surface area (Å²) in [5.74, 6) is 1.83. The lowest BCUT2D eigenvalue weighted by atomic mass is 10.2. The molecule has 29 heavy (non-hydrogen) atoms. The quantitative estimate of drug-likeness (QED) is 0.598. The molecule has 2 aliphatic rings. The zero-order valence-electron chi connectivity index (χ0n) is 16.1. The van der Waals surface area contributed by atoms with E-state index in [0.717, 1.165) is 48.0 Å². The van der Waals surface area contributed by atoms with Gasteiger partial charge < -0.3 is 5.32 Å². The molecule has 8 nitrogen and oxygen atoms in total. The number of pyridine rings is 1. The molecule has 9 heteroatoms. The summed E-state index contributed by atoms with van der Waals surface area (Å²) < 4.78 is 4.11. The lowest BCUT2D eigenvalue weighted by molar-refractivity contribution is -0.113. The van der Waals surface area contributed by atoms with Gasteiger partial charge in [0.1, 0.15) is 5.82 Å². The van der Waals surface area contributed by atoms with E-state index >= 15 is 0 Å². The molecule has 0 saturated heterocycles. The van der Waals surface area contributed by atoms with Crippen LogP contribution in [0.4, 0.5) is 5.82 Å². The second kappa shape index (κ2) is 7.98. The number of hydrogen-bond acceptors (Lipinski definition) is 6. The van der Waals surface area contributed by atoms with E-state index in [1.54, 1.807) is 18.6 Å². The summed E-state index contributed by atoms with van der Waals surface area (Å²) in [6, 6.07) is 6.56. The molecule has 1 amide bonds. The van der Waals surface area contributed by atoms with Crippen LogP contribution in [0.25, 0.3) is 11.4 Å². The lowest BCUT2D eigenvalue weighted by Crippen LogP contribution is -2.19. The highest BCUT2D eigenvalue weighted by molar-refractivity contribution is 7.99. The molecular weight excluding hydrogens is 386 g/mol. The topological polar surface area (TPSA) is 90.5 Å². The van der Waals surface area contributed by atoms with E-state index in [9.17, 15) is 4.79 Å². The van der Waals surface area contributed by atoms with Crippen molar-refractivity contribution in [2.75, 3.05) is 11.1 Å². The van der Waals surface area contributed by atoms with Crippen LogP contribution in [0, 0.1) is 0 Å². The molecule has 150 valence electrons. The maximum atomic E-state index is 12.6. The number of aromatic nitrogens is 6. The van der Waals surface area contributed by atoms with Gasteiger partial charge in [0, 0.05) is 30.1 Å². The Morgan fingerprint density at radius 3 is 2.72 bits per heavy atom. The Balaban J connectivity index is 1.27. The number of carbonyl (C=O) groups excluding carboxylic acids is 1. The number of rotatable bonds is 7. The second-order valence-electron chi connectivity index (χ2n) is 7.59. The zero-order valence-corrected chi connectivity index (χ0v) is 16.9. The summed E-state index contributed by atoms with van der Waals surface area (Å²) in [5, 5.41) is 16.9. The van der Waals surface area contributed by atoms with Gasteiger partial charge in [0.05, 0.1) is 18.0 Å². The average molecular weight is 410 g/mol. The fraction of sp³-hybridized carbons (Fsp3) is 0.450. The van der Waals surface area contributed by atoms with E-state index < -0.39 is 0 Å². The van der Waals surface area contributed by atoms with E-state index in [0.29, 0.717) is 12.1 Å². The van der Waals surface area contributed by atoms with Gasteiger partial charge >= 0.3 is 0 Å². The highest BCUT2D eigenvalue weighted by atomic mass is 32.2. The molecule has 0 aliphatic heterocycles. The summed E-state index contributed by atoms with van der Waals surface area (Å²) in [6.07, 6.45) is 12.2. The van der Waals surface area contributed by atoms with Crippen molar-refractivity contribution in [3.05, 3.63) is 36.8 Å². The Bertz CT molecular complexity index is 989. The monoisotopic (exact) mass is 409 g/mol. The standard InChI is InChI=1S/C20H23N7OS/c28-18(23-17-9-11-22-27(17)16-5-1-2-6-16)13-29-20-25-24-19(26(20)15-7-8-15)14-4-3-10-21-12-14/h3-4,9-12,15-16H,1-2,5-8,13H2,(H,23,28). The number of carbonyl (C=O) groups is 1. The first kappa shape index (κ1) is 18.4. The van der Waals surface area contributed by atoms with E-state index in [-0.39, 0.29) is 11.7 Å². The van der Waals surface area contributed by atoms with Crippen molar-refractivity contribution < 1.29 is 4.79 Å². The Hall–Kier alpha value is -2.68.